The van der Waals surface area contributed by atoms with Crippen molar-refractivity contribution in [2.45, 2.75) is 12.6 Å². The quantitative estimate of drug-likeness (QED) is 0.880. The fraction of sp³-hybridized carbons (Fsp3) is 0.462. The van der Waals surface area contributed by atoms with E-state index < -0.39 is 11.9 Å². The second-order valence-electron chi connectivity index (χ2n) is 4.59. The number of aliphatic carboxylic acids is 1. The first-order chi connectivity index (χ1) is 8.58. The van der Waals surface area contributed by atoms with Crippen LogP contribution in [0.5, 0.6) is 0 Å². The summed E-state index contributed by atoms with van der Waals surface area (Å²) in [6, 6.07) is 6.17. The minimum Gasteiger partial charge on any atom is -0.481 e. The molecule has 1 fully saturated rings. The van der Waals surface area contributed by atoms with E-state index in [2.05, 4.69) is 0 Å². The zero-order valence-electron chi connectivity index (χ0n) is 10.2. The molecule has 2 unspecified atom stereocenters. The molecule has 0 bridgehead atoms. The number of ether oxygens (including phenoxy) is 1. The molecule has 1 aromatic carbocycles. The summed E-state index contributed by atoms with van der Waals surface area (Å²) in [5, 5.41) is 9.08. The lowest BCUT2D eigenvalue weighted by Crippen LogP contribution is -2.40. The fourth-order valence-corrected chi connectivity index (χ4v) is 2.25. The van der Waals surface area contributed by atoms with Gasteiger partial charge in [0.05, 0.1) is 19.1 Å². The molecule has 1 heterocycles. The highest BCUT2D eigenvalue weighted by Gasteiger charge is 2.36. The molecule has 18 heavy (non-hydrogen) atoms. The number of likely N-dealkylation sites (N-methyl/N-ethyl adjacent to an activating group) is 1. The minimum atomic E-state index is -0.844. The van der Waals surface area contributed by atoms with Gasteiger partial charge in [0, 0.05) is 12.6 Å². The van der Waals surface area contributed by atoms with Crippen LogP contribution in [-0.2, 0) is 16.1 Å². The highest BCUT2D eigenvalue weighted by atomic mass is 19.1. The molecule has 0 amide bonds. The van der Waals surface area contributed by atoms with Crippen molar-refractivity contribution in [3.05, 3.63) is 35.6 Å². The van der Waals surface area contributed by atoms with Gasteiger partial charge in [-0.25, -0.2) is 4.39 Å². The summed E-state index contributed by atoms with van der Waals surface area (Å²) in [6.45, 7) is 1.16. The van der Waals surface area contributed by atoms with E-state index in [1.165, 1.54) is 12.1 Å². The van der Waals surface area contributed by atoms with E-state index in [1.807, 2.05) is 18.0 Å². The highest BCUT2D eigenvalue weighted by Crippen LogP contribution is 2.20. The van der Waals surface area contributed by atoms with Crippen molar-refractivity contribution in [3.63, 3.8) is 0 Å². The van der Waals surface area contributed by atoms with E-state index in [0.29, 0.717) is 13.2 Å². The second-order valence-corrected chi connectivity index (χ2v) is 4.59. The molecule has 0 radical (unpaired) electrons. The average Bonchev–Trinajstić information content (AvgIpc) is 2.77. The normalized spacial score (nSPS) is 23.5. The van der Waals surface area contributed by atoms with Crippen molar-refractivity contribution in [1.29, 1.82) is 0 Å². The Labute approximate surface area is 105 Å². The maximum Gasteiger partial charge on any atom is 0.310 e. The van der Waals surface area contributed by atoms with Crippen LogP contribution in [0.4, 0.5) is 4.39 Å². The molecule has 4 nitrogen and oxygen atoms in total. The topological polar surface area (TPSA) is 49.8 Å². The van der Waals surface area contributed by atoms with Gasteiger partial charge in [0.1, 0.15) is 5.82 Å². The van der Waals surface area contributed by atoms with Gasteiger partial charge in [0.2, 0.25) is 0 Å². The molecule has 1 N–H and O–H groups in total. The van der Waals surface area contributed by atoms with Crippen LogP contribution in [0.15, 0.2) is 24.3 Å². The number of rotatable bonds is 4. The lowest BCUT2D eigenvalue weighted by atomic mass is 10.0. The molecule has 0 spiro atoms. The maximum atomic E-state index is 13.1. The Morgan fingerprint density at radius 1 is 1.56 bits per heavy atom. The number of halogens is 1. The van der Waals surface area contributed by atoms with E-state index in [0.717, 1.165) is 5.56 Å². The number of hydrogen-bond acceptors (Lipinski definition) is 3. The third kappa shape index (κ3) is 2.86. The molecule has 0 saturated carbocycles. The Kier molecular flexibility index (Phi) is 3.93. The summed E-state index contributed by atoms with van der Waals surface area (Å²) in [5.74, 6) is -1.63. The van der Waals surface area contributed by atoms with Gasteiger partial charge in [0.15, 0.2) is 0 Å². The summed E-state index contributed by atoms with van der Waals surface area (Å²) in [5.41, 5.74) is 0.827. The summed E-state index contributed by atoms with van der Waals surface area (Å²) >= 11 is 0. The molecule has 1 aromatic rings. The van der Waals surface area contributed by atoms with Gasteiger partial charge in [0.25, 0.3) is 0 Å². The molecule has 5 heteroatoms. The number of carboxylic acid groups (broad SMARTS) is 1. The average molecular weight is 253 g/mol. The lowest BCUT2D eigenvalue weighted by Gasteiger charge is -2.26. The van der Waals surface area contributed by atoms with Crippen LogP contribution >= 0.6 is 0 Å². The van der Waals surface area contributed by atoms with Crippen LogP contribution in [0.1, 0.15) is 5.56 Å². The molecule has 1 aliphatic rings. The third-order valence-electron chi connectivity index (χ3n) is 3.25. The van der Waals surface area contributed by atoms with Crippen LogP contribution in [0.25, 0.3) is 0 Å². The molecule has 98 valence electrons. The van der Waals surface area contributed by atoms with Crippen LogP contribution in [0.2, 0.25) is 0 Å². The second kappa shape index (κ2) is 5.46. The molecular weight excluding hydrogens is 237 g/mol. The first-order valence-electron chi connectivity index (χ1n) is 5.83. The van der Waals surface area contributed by atoms with Crippen LogP contribution in [0.3, 0.4) is 0 Å². The smallest absolute Gasteiger partial charge is 0.310 e. The van der Waals surface area contributed by atoms with Gasteiger partial charge in [-0.15, -0.1) is 0 Å². The van der Waals surface area contributed by atoms with Gasteiger partial charge >= 0.3 is 5.97 Å². The Morgan fingerprint density at radius 2 is 2.33 bits per heavy atom. The summed E-state index contributed by atoms with van der Waals surface area (Å²) in [4.78, 5) is 13.0. The Hall–Kier alpha value is -1.46. The van der Waals surface area contributed by atoms with Crippen LogP contribution in [-0.4, -0.2) is 42.3 Å². The van der Waals surface area contributed by atoms with E-state index in [9.17, 15) is 9.18 Å². The van der Waals surface area contributed by atoms with Crippen molar-refractivity contribution in [2.24, 2.45) is 5.92 Å². The number of carbonyl (C=O) groups is 1. The minimum absolute atomic E-state index is 0.161. The van der Waals surface area contributed by atoms with Crippen molar-refractivity contribution in [1.82, 2.24) is 4.90 Å². The zero-order chi connectivity index (χ0) is 13.1. The predicted octanol–water partition coefficient (Wildman–Crippen LogP) is 1.36. The molecule has 2 atom stereocenters. The zero-order valence-corrected chi connectivity index (χ0v) is 10.2. The van der Waals surface area contributed by atoms with Gasteiger partial charge in [-0.1, -0.05) is 12.1 Å². The predicted molar refractivity (Wildman–Crippen MR) is 63.6 cm³/mol. The molecular formula is C13H16FNO3. The van der Waals surface area contributed by atoms with Gasteiger partial charge in [-0.3, -0.25) is 9.69 Å². The summed E-state index contributed by atoms with van der Waals surface area (Å²) < 4.78 is 18.3. The molecule has 0 aromatic heterocycles. The van der Waals surface area contributed by atoms with Gasteiger partial charge in [-0.05, 0) is 24.7 Å². The van der Waals surface area contributed by atoms with Gasteiger partial charge < -0.3 is 9.84 Å². The molecule has 0 aliphatic carbocycles. The summed E-state index contributed by atoms with van der Waals surface area (Å²) in [6.07, 6.45) is 0. The summed E-state index contributed by atoms with van der Waals surface area (Å²) in [7, 11) is 1.83. The van der Waals surface area contributed by atoms with Crippen LogP contribution in [0, 0.1) is 11.7 Å². The van der Waals surface area contributed by atoms with Crippen molar-refractivity contribution >= 4 is 5.97 Å². The van der Waals surface area contributed by atoms with Crippen molar-refractivity contribution < 1.29 is 19.0 Å². The largest absolute Gasteiger partial charge is 0.481 e. The van der Waals surface area contributed by atoms with E-state index in [4.69, 9.17) is 9.84 Å². The van der Waals surface area contributed by atoms with Crippen molar-refractivity contribution in [2.75, 3.05) is 20.3 Å². The third-order valence-corrected chi connectivity index (χ3v) is 3.25. The van der Waals surface area contributed by atoms with E-state index in [1.54, 1.807) is 6.07 Å². The Morgan fingerprint density at radius 3 is 3.00 bits per heavy atom. The van der Waals surface area contributed by atoms with Gasteiger partial charge in [-0.2, -0.15) is 0 Å². The van der Waals surface area contributed by atoms with E-state index >= 15 is 0 Å². The molecule has 1 saturated heterocycles. The SMILES string of the molecule is CN(Cc1cccc(F)c1)C1COCC1C(=O)O. The Bertz CT molecular complexity index is 438. The molecule has 2 rings (SSSR count). The standard InChI is InChI=1S/C13H16FNO3/c1-15(6-9-3-2-4-10(14)5-9)12-8-18-7-11(12)13(16)17/h2-5,11-12H,6-8H2,1H3,(H,16,17). The van der Waals surface area contributed by atoms with Crippen molar-refractivity contribution in [3.8, 4) is 0 Å². The molecule has 1 aliphatic heterocycles. The van der Waals surface area contributed by atoms with Crippen LogP contribution < -0.4 is 0 Å². The number of hydrogen-bond donors (Lipinski definition) is 1. The monoisotopic (exact) mass is 253 g/mol. The fourth-order valence-electron chi connectivity index (χ4n) is 2.25. The first-order valence-corrected chi connectivity index (χ1v) is 5.83. The highest BCUT2D eigenvalue weighted by molar-refractivity contribution is 5.71. The Balaban J connectivity index is 2.03. The van der Waals surface area contributed by atoms with E-state index in [-0.39, 0.29) is 18.5 Å². The first kappa shape index (κ1) is 13.0. The number of carboxylic acids is 1. The number of benzene rings is 1. The number of nitrogens with zero attached hydrogens (tertiary/aromatic N) is 1. The maximum absolute atomic E-state index is 13.1. The lowest BCUT2D eigenvalue weighted by molar-refractivity contribution is -0.143.